The zero-order valence-corrected chi connectivity index (χ0v) is 7.84. The third-order valence-corrected chi connectivity index (χ3v) is 2.18. The molecule has 0 saturated carbocycles. The van der Waals surface area contributed by atoms with Crippen molar-refractivity contribution in [2.75, 3.05) is 40.0 Å². The smallest absolute Gasteiger partial charge is 0.0700 e. The summed E-state index contributed by atoms with van der Waals surface area (Å²) in [7, 11) is 1.70. The van der Waals surface area contributed by atoms with Crippen LogP contribution in [-0.2, 0) is 9.47 Å². The molecule has 1 N–H and O–H groups in total. The quantitative estimate of drug-likeness (QED) is 0.619. The molecule has 1 heterocycles. The monoisotopic (exact) mass is 173 g/mol. The van der Waals surface area contributed by atoms with Crippen LogP contribution in [0, 0.1) is 5.92 Å². The van der Waals surface area contributed by atoms with Gasteiger partial charge in [-0.2, -0.15) is 0 Å². The van der Waals surface area contributed by atoms with Gasteiger partial charge in [0.2, 0.25) is 0 Å². The average Bonchev–Trinajstić information content (AvgIpc) is 2.14. The molecule has 0 unspecified atom stereocenters. The number of rotatable bonds is 5. The van der Waals surface area contributed by atoms with E-state index in [9.17, 15) is 0 Å². The van der Waals surface area contributed by atoms with Crippen LogP contribution in [0.4, 0.5) is 0 Å². The van der Waals surface area contributed by atoms with Gasteiger partial charge in [0.25, 0.3) is 0 Å². The molecule has 1 rings (SSSR count). The highest BCUT2D eigenvalue weighted by molar-refractivity contribution is 4.67. The van der Waals surface area contributed by atoms with E-state index in [0.717, 1.165) is 25.7 Å². The van der Waals surface area contributed by atoms with Crippen molar-refractivity contribution in [3.8, 4) is 0 Å². The summed E-state index contributed by atoms with van der Waals surface area (Å²) in [5.74, 6) is 0.718. The van der Waals surface area contributed by atoms with Crippen LogP contribution in [0.1, 0.15) is 12.8 Å². The van der Waals surface area contributed by atoms with Crippen LogP contribution in [0.15, 0.2) is 0 Å². The topological polar surface area (TPSA) is 30.5 Å². The van der Waals surface area contributed by atoms with E-state index in [4.69, 9.17) is 9.47 Å². The van der Waals surface area contributed by atoms with Crippen LogP contribution in [0.25, 0.3) is 0 Å². The van der Waals surface area contributed by atoms with E-state index in [1.165, 1.54) is 19.4 Å². The van der Waals surface area contributed by atoms with E-state index in [1.54, 1.807) is 7.11 Å². The number of hydrogen-bond donors (Lipinski definition) is 1. The van der Waals surface area contributed by atoms with Crippen molar-refractivity contribution >= 4 is 0 Å². The summed E-state index contributed by atoms with van der Waals surface area (Å²) in [6.07, 6.45) is 2.60. The Labute approximate surface area is 74.4 Å². The van der Waals surface area contributed by atoms with Crippen molar-refractivity contribution < 1.29 is 9.47 Å². The summed E-state index contributed by atoms with van der Waals surface area (Å²) >= 11 is 0. The minimum Gasteiger partial charge on any atom is -0.382 e. The Hall–Kier alpha value is -0.120. The largest absolute Gasteiger partial charge is 0.382 e. The molecule has 0 bridgehead atoms. The maximum Gasteiger partial charge on any atom is 0.0700 e. The van der Waals surface area contributed by atoms with Crippen LogP contribution in [0.5, 0.6) is 0 Å². The molecule has 72 valence electrons. The fourth-order valence-electron chi connectivity index (χ4n) is 1.46. The Balaban J connectivity index is 1.91. The lowest BCUT2D eigenvalue weighted by molar-refractivity contribution is 0.0465. The van der Waals surface area contributed by atoms with Crippen molar-refractivity contribution in [2.45, 2.75) is 12.8 Å². The van der Waals surface area contributed by atoms with E-state index < -0.39 is 0 Å². The molecule has 3 nitrogen and oxygen atoms in total. The molecule has 1 aliphatic rings. The van der Waals surface area contributed by atoms with Gasteiger partial charge >= 0.3 is 0 Å². The van der Waals surface area contributed by atoms with Gasteiger partial charge in [-0.3, -0.25) is 0 Å². The van der Waals surface area contributed by atoms with Gasteiger partial charge in [0, 0.05) is 13.7 Å². The predicted octanol–water partition coefficient (Wildman–Crippen LogP) is 0.649. The Kier molecular flexibility index (Phi) is 5.32. The first-order chi connectivity index (χ1) is 5.93. The molecule has 0 radical (unpaired) electrons. The number of hydrogen-bond acceptors (Lipinski definition) is 3. The molecule has 12 heavy (non-hydrogen) atoms. The molecular weight excluding hydrogens is 154 g/mol. The van der Waals surface area contributed by atoms with Crippen molar-refractivity contribution in [1.82, 2.24) is 5.32 Å². The van der Waals surface area contributed by atoms with Crippen molar-refractivity contribution in [3.63, 3.8) is 0 Å². The van der Waals surface area contributed by atoms with E-state index in [2.05, 4.69) is 5.32 Å². The molecule has 0 aliphatic carbocycles. The molecule has 0 aromatic rings. The van der Waals surface area contributed by atoms with Gasteiger partial charge in [0.1, 0.15) is 0 Å². The Morgan fingerprint density at radius 1 is 1.42 bits per heavy atom. The summed E-state index contributed by atoms with van der Waals surface area (Å²) < 4.78 is 10.3. The van der Waals surface area contributed by atoms with Crippen LogP contribution < -0.4 is 5.32 Å². The molecule has 1 fully saturated rings. The van der Waals surface area contributed by atoms with E-state index in [-0.39, 0.29) is 0 Å². The van der Waals surface area contributed by atoms with Gasteiger partial charge in [0.15, 0.2) is 0 Å². The van der Waals surface area contributed by atoms with Crippen molar-refractivity contribution in [3.05, 3.63) is 0 Å². The molecule has 1 saturated heterocycles. The van der Waals surface area contributed by atoms with Gasteiger partial charge in [-0.15, -0.1) is 0 Å². The zero-order valence-electron chi connectivity index (χ0n) is 7.84. The average molecular weight is 173 g/mol. The summed E-state index contributed by atoms with van der Waals surface area (Å²) in [6, 6.07) is 0. The normalized spacial score (nSPS) is 24.2. The summed E-state index contributed by atoms with van der Waals surface area (Å²) in [4.78, 5) is 0. The second-order valence-electron chi connectivity index (χ2n) is 3.28. The minimum absolute atomic E-state index is 0.708. The number of nitrogens with one attached hydrogen (secondary N) is 1. The Bertz CT molecular complexity index is 103. The summed E-state index contributed by atoms with van der Waals surface area (Å²) in [6.45, 7) is 4.62. The van der Waals surface area contributed by atoms with Crippen LogP contribution in [-0.4, -0.2) is 40.0 Å². The first-order valence-electron chi connectivity index (χ1n) is 4.71. The molecule has 0 spiro atoms. The van der Waals surface area contributed by atoms with E-state index >= 15 is 0 Å². The maximum atomic E-state index is 5.45. The van der Waals surface area contributed by atoms with Crippen molar-refractivity contribution in [1.29, 1.82) is 0 Å². The van der Waals surface area contributed by atoms with E-state index in [0.29, 0.717) is 6.61 Å². The molecular formula is C9H19NO2. The summed E-state index contributed by atoms with van der Waals surface area (Å²) in [5, 5.41) is 3.36. The fraction of sp³-hybridized carbons (Fsp3) is 1.00. The van der Waals surface area contributed by atoms with Gasteiger partial charge in [-0.1, -0.05) is 0 Å². The number of piperidine rings is 1. The predicted molar refractivity (Wildman–Crippen MR) is 48.3 cm³/mol. The maximum absolute atomic E-state index is 5.45. The number of methoxy groups -OCH3 is 1. The highest BCUT2D eigenvalue weighted by Crippen LogP contribution is 2.09. The highest BCUT2D eigenvalue weighted by Gasteiger charge is 2.12. The first kappa shape index (κ1) is 9.96. The lowest BCUT2D eigenvalue weighted by Crippen LogP contribution is -2.32. The molecule has 1 atom stereocenters. The van der Waals surface area contributed by atoms with Gasteiger partial charge < -0.3 is 14.8 Å². The van der Waals surface area contributed by atoms with Gasteiger partial charge in [-0.05, 0) is 25.3 Å². The Morgan fingerprint density at radius 2 is 2.33 bits per heavy atom. The van der Waals surface area contributed by atoms with Crippen LogP contribution in [0.3, 0.4) is 0 Å². The van der Waals surface area contributed by atoms with Crippen LogP contribution >= 0.6 is 0 Å². The van der Waals surface area contributed by atoms with Crippen molar-refractivity contribution in [2.24, 2.45) is 5.92 Å². The lowest BCUT2D eigenvalue weighted by atomic mass is 10.0. The lowest BCUT2D eigenvalue weighted by Gasteiger charge is -2.22. The highest BCUT2D eigenvalue weighted by atomic mass is 16.5. The third kappa shape index (κ3) is 4.04. The Morgan fingerprint density at radius 3 is 3.00 bits per heavy atom. The van der Waals surface area contributed by atoms with Gasteiger partial charge in [0.05, 0.1) is 19.8 Å². The standard InChI is InChI=1S/C9H19NO2/c1-11-5-6-12-8-9-3-2-4-10-7-9/h9-10H,2-8H2,1H3/t9-/m0/s1. The zero-order chi connectivity index (χ0) is 8.65. The second-order valence-corrected chi connectivity index (χ2v) is 3.28. The molecule has 3 heteroatoms. The van der Waals surface area contributed by atoms with E-state index in [1.807, 2.05) is 0 Å². The first-order valence-corrected chi connectivity index (χ1v) is 4.71. The molecule has 0 amide bonds. The second kappa shape index (κ2) is 6.40. The van der Waals surface area contributed by atoms with Crippen LogP contribution in [0.2, 0.25) is 0 Å². The fourth-order valence-corrected chi connectivity index (χ4v) is 1.46. The molecule has 1 aliphatic heterocycles. The third-order valence-electron chi connectivity index (χ3n) is 2.18. The molecule has 0 aromatic heterocycles. The number of ether oxygens (including phenoxy) is 2. The summed E-state index contributed by atoms with van der Waals surface area (Å²) in [5.41, 5.74) is 0. The minimum atomic E-state index is 0.708. The molecule has 0 aromatic carbocycles. The SMILES string of the molecule is COCCOC[C@H]1CCCNC1. The van der Waals surface area contributed by atoms with Gasteiger partial charge in [-0.25, -0.2) is 0 Å².